The molecule has 2 aromatic carbocycles. The summed E-state index contributed by atoms with van der Waals surface area (Å²) >= 11 is 1.55. The normalized spacial score (nSPS) is 10.6. The highest BCUT2D eigenvalue weighted by Gasteiger charge is 2.07. The molecule has 140 valence electrons. The number of rotatable bonds is 8. The first-order valence-corrected chi connectivity index (χ1v) is 9.60. The summed E-state index contributed by atoms with van der Waals surface area (Å²) in [4.78, 5) is 17.6. The van der Waals surface area contributed by atoms with Crippen molar-refractivity contribution in [2.75, 3.05) is 6.61 Å². The summed E-state index contributed by atoms with van der Waals surface area (Å²) in [5.41, 5.74) is 1.97. The van der Waals surface area contributed by atoms with Gasteiger partial charge in [-0.3, -0.25) is 4.79 Å². The van der Waals surface area contributed by atoms with Gasteiger partial charge in [-0.1, -0.05) is 24.3 Å². The average Bonchev–Trinajstić information content (AvgIpc) is 3.11. The first kappa shape index (κ1) is 19.0. The molecule has 27 heavy (non-hydrogen) atoms. The minimum absolute atomic E-state index is 0.0468. The molecule has 0 radical (unpaired) electrons. The number of benzene rings is 2. The topological polar surface area (TPSA) is 51.2 Å². The van der Waals surface area contributed by atoms with Gasteiger partial charge in [0, 0.05) is 17.5 Å². The second kappa shape index (κ2) is 9.28. The molecule has 0 atom stereocenters. The van der Waals surface area contributed by atoms with Crippen LogP contribution in [-0.4, -0.2) is 17.5 Å². The van der Waals surface area contributed by atoms with Gasteiger partial charge in [0.1, 0.15) is 16.6 Å². The van der Waals surface area contributed by atoms with Gasteiger partial charge in [-0.15, -0.1) is 11.3 Å². The highest BCUT2D eigenvalue weighted by Crippen LogP contribution is 2.18. The summed E-state index contributed by atoms with van der Waals surface area (Å²) < 4.78 is 18.4. The van der Waals surface area contributed by atoms with Gasteiger partial charge in [0.15, 0.2) is 0 Å². The Hall–Kier alpha value is -2.73. The molecule has 0 saturated heterocycles. The van der Waals surface area contributed by atoms with Gasteiger partial charge in [-0.05, 0) is 42.3 Å². The Morgan fingerprint density at radius 3 is 2.52 bits per heavy atom. The summed E-state index contributed by atoms with van der Waals surface area (Å²) in [5.74, 6) is 0.520. The Labute approximate surface area is 162 Å². The second-order valence-corrected chi connectivity index (χ2v) is 7.25. The van der Waals surface area contributed by atoms with Crippen molar-refractivity contribution < 1.29 is 13.9 Å². The van der Waals surface area contributed by atoms with Crippen LogP contribution in [0, 0.1) is 5.82 Å². The number of ether oxygens (including phenoxy) is 1. The van der Waals surface area contributed by atoms with Crippen LogP contribution in [0.25, 0.3) is 0 Å². The molecule has 0 fully saturated rings. The van der Waals surface area contributed by atoms with Crippen LogP contribution < -0.4 is 10.1 Å². The van der Waals surface area contributed by atoms with E-state index in [1.54, 1.807) is 23.5 Å². The number of nitrogens with one attached hydrogen (secondary N) is 1. The molecule has 6 heteroatoms. The van der Waals surface area contributed by atoms with Crippen molar-refractivity contribution in [2.45, 2.75) is 26.3 Å². The van der Waals surface area contributed by atoms with E-state index in [4.69, 9.17) is 4.74 Å². The van der Waals surface area contributed by atoms with Crippen molar-refractivity contribution in [1.29, 1.82) is 0 Å². The van der Waals surface area contributed by atoms with Crippen LogP contribution in [0.1, 0.15) is 27.9 Å². The van der Waals surface area contributed by atoms with Crippen LogP contribution in [0.4, 0.5) is 4.39 Å². The molecule has 0 bridgehead atoms. The van der Waals surface area contributed by atoms with E-state index in [1.807, 2.05) is 37.4 Å². The van der Waals surface area contributed by atoms with Crippen molar-refractivity contribution in [3.8, 4) is 5.75 Å². The van der Waals surface area contributed by atoms with E-state index in [2.05, 4.69) is 10.3 Å². The van der Waals surface area contributed by atoms with Crippen molar-refractivity contribution in [1.82, 2.24) is 10.3 Å². The quantitative estimate of drug-likeness (QED) is 0.635. The van der Waals surface area contributed by atoms with E-state index in [-0.39, 0.29) is 11.7 Å². The van der Waals surface area contributed by atoms with Crippen molar-refractivity contribution >= 4 is 17.2 Å². The second-order valence-electron chi connectivity index (χ2n) is 6.05. The number of hydrogen-bond acceptors (Lipinski definition) is 4. The predicted molar refractivity (Wildman–Crippen MR) is 104 cm³/mol. The maximum Gasteiger partial charge on any atom is 0.224 e. The first-order valence-electron chi connectivity index (χ1n) is 8.79. The molecule has 0 unspecified atom stereocenters. The maximum atomic E-state index is 13.0. The van der Waals surface area contributed by atoms with Crippen LogP contribution in [0.3, 0.4) is 0 Å². The number of nitrogens with zero attached hydrogens (tertiary/aromatic N) is 1. The number of aromatic nitrogens is 1. The Balaban J connectivity index is 1.47. The van der Waals surface area contributed by atoms with E-state index in [9.17, 15) is 9.18 Å². The van der Waals surface area contributed by atoms with Gasteiger partial charge in [0.05, 0.1) is 19.6 Å². The molecule has 0 aliphatic rings. The third-order valence-electron chi connectivity index (χ3n) is 3.93. The van der Waals surface area contributed by atoms with Crippen LogP contribution in [0.2, 0.25) is 0 Å². The van der Waals surface area contributed by atoms with E-state index >= 15 is 0 Å². The molecule has 0 saturated carbocycles. The lowest BCUT2D eigenvalue weighted by atomic mass is 10.1. The number of halogens is 1. The zero-order chi connectivity index (χ0) is 19.1. The lowest BCUT2D eigenvalue weighted by Crippen LogP contribution is -2.24. The highest BCUT2D eigenvalue weighted by atomic mass is 32.1. The van der Waals surface area contributed by atoms with Crippen LogP contribution in [0.5, 0.6) is 5.75 Å². The Morgan fingerprint density at radius 2 is 1.81 bits per heavy atom. The maximum absolute atomic E-state index is 13.0. The number of hydrogen-bond donors (Lipinski definition) is 1. The number of amides is 1. The fraction of sp³-hybridized carbons (Fsp3) is 0.238. The molecular weight excluding hydrogens is 363 g/mol. The van der Waals surface area contributed by atoms with E-state index in [0.717, 1.165) is 26.8 Å². The Kier molecular flexibility index (Phi) is 6.54. The molecule has 0 aliphatic carbocycles. The monoisotopic (exact) mass is 384 g/mol. The van der Waals surface area contributed by atoms with Crippen LogP contribution >= 0.6 is 11.3 Å². The van der Waals surface area contributed by atoms with Crippen LogP contribution in [0.15, 0.2) is 54.7 Å². The van der Waals surface area contributed by atoms with E-state index in [0.29, 0.717) is 26.0 Å². The fourth-order valence-electron chi connectivity index (χ4n) is 2.61. The van der Waals surface area contributed by atoms with Gasteiger partial charge >= 0.3 is 0 Å². The first-order chi connectivity index (χ1) is 13.1. The summed E-state index contributed by atoms with van der Waals surface area (Å²) in [6.45, 7) is 2.96. The van der Waals surface area contributed by atoms with E-state index in [1.165, 1.54) is 12.1 Å². The fourth-order valence-corrected chi connectivity index (χ4v) is 3.50. The van der Waals surface area contributed by atoms with Gasteiger partial charge in [-0.25, -0.2) is 9.37 Å². The zero-order valence-corrected chi connectivity index (χ0v) is 15.9. The molecule has 1 N–H and O–H groups in total. The molecule has 3 aromatic rings. The number of carbonyl (C=O) groups excluding carboxylic acids is 1. The molecule has 0 spiro atoms. The van der Waals surface area contributed by atoms with Crippen molar-refractivity contribution in [3.05, 3.63) is 81.6 Å². The molecular formula is C21H21FN2O2S. The predicted octanol–water partition coefficient (Wildman–Crippen LogP) is 4.13. The molecule has 1 aromatic heterocycles. The average molecular weight is 384 g/mol. The molecule has 3 rings (SSSR count). The smallest absolute Gasteiger partial charge is 0.224 e. The van der Waals surface area contributed by atoms with Gasteiger partial charge in [-0.2, -0.15) is 0 Å². The van der Waals surface area contributed by atoms with E-state index < -0.39 is 0 Å². The largest absolute Gasteiger partial charge is 0.494 e. The summed E-state index contributed by atoms with van der Waals surface area (Å²) in [6.07, 6.45) is 2.83. The summed E-state index contributed by atoms with van der Waals surface area (Å²) in [5, 5.41) is 3.75. The number of carbonyl (C=O) groups is 1. The lowest BCUT2D eigenvalue weighted by molar-refractivity contribution is -0.120. The lowest BCUT2D eigenvalue weighted by Gasteiger charge is -2.05. The molecule has 1 amide bonds. The minimum atomic E-state index is -0.237. The van der Waals surface area contributed by atoms with Crippen molar-refractivity contribution in [3.63, 3.8) is 0 Å². The van der Waals surface area contributed by atoms with Crippen LogP contribution in [-0.2, 0) is 24.2 Å². The zero-order valence-electron chi connectivity index (χ0n) is 15.1. The van der Waals surface area contributed by atoms with Gasteiger partial charge in [0.25, 0.3) is 0 Å². The Bertz CT molecular complexity index is 876. The van der Waals surface area contributed by atoms with Gasteiger partial charge < -0.3 is 10.1 Å². The standard InChI is InChI=1S/C21H21FN2O2S/c1-2-26-18-9-5-16(6-10-18)12-20(25)23-14-21-24-13-19(27-21)11-15-3-7-17(22)8-4-15/h3-10,13H,2,11-12,14H2,1H3,(H,23,25). The molecule has 1 heterocycles. The van der Waals surface area contributed by atoms with Crippen molar-refractivity contribution in [2.24, 2.45) is 0 Å². The summed E-state index contributed by atoms with van der Waals surface area (Å²) in [6, 6.07) is 14.0. The Morgan fingerprint density at radius 1 is 1.11 bits per heavy atom. The SMILES string of the molecule is CCOc1ccc(CC(=O)NCc2ncc(Cc3ccc(F)cc3)s2)cc1. The number of thiazole rings is 1. The molecule has 4 nitrogen and oxygen atoms in total. The third-order valence-corrected chi connectivity index (χ3v) is 4.93. The molecule has 0 aliphatic heterocycles. The highest BCUT2D eigenvalue weighted by molar-refractivity contribution is 7.11. The third kappa shape index (κ3) is 5.89. The van der Waals surface area contributed by atoms with Gasteiger partial charge in [0.2, 0.25) is 5.91 Å². The summed E-state index contributed by atoms with van der Waals surface area (Å²) in [7, 11) is 0. The minimum Gasteiger partial charge on any atom is -0.494 e.